The number of aromatic nitrogens is 3. The minimum absolute atomic E-state index is 0. The molecule has 1 atom stereocenters. The van der Waals surface area contributed by atoms with Gasteiger partial charge in [-0.05, 0) is 49.9 Å². The number of nitrogens with zero attached hydrogens (tertiary/aromatic N) is 3. The highest BCUT2D eigenvalue weighted by molar-refractivity contribution is 6.03. The number of para-hydroxylation sites is 1. The maximum Gasteiger partial charge on any atom is 0.277 e. The molecule has 2 amide bonds. The molecule has 2 heterocycles. The molecule has 9 heteroatoms. The lowest BCUT2D eigenvalue weighted by Gasteiger charge is -2.22. The summed E-state index contributed by atoms with van der Waals surface area (Å²) in [6.45, 7) is 2.80. The van der Waals surface area contributed by atoms with Gasteiger partial charge in [0, 0.05) is 25.7 Å². The van der Waals surface area contributed by atoms with Crippen LogP contribution in [0.2, 0.25) is 0 Å². The van der Waals surface area contributed by atoms with Gasteiger partial charge in [0.2, 0.25) is 5.91 Å². The van der Waals surface area contributed by atoms with Gasteiger partial charge in [0.1, 0.15) is 0 Å². The monoisotopic (exact) mass is 406 g/mol. The summed E-state index contributed by atoms with van der Waals surface area (Å²) >= 11 is 0. The van der Waals surface area contributed by atoms with Crippen molar-refractivity contribution in [2.75, 3.05) is 25.5 Å². The normalized spacial score (nSPS) is 16.1. The molecule has 152 valence electrons. The topological polar surface area (TPSA) is 101 Å². The van der Waals surface area contributed by atoms with E-state index in [0.717, 1.165) is 31.6 Å². The first kappa shape index (κ1) is 21.8. The van der Waals surface area contributed by atoms with E-state index >= 15 is 0 Å². The zero-order valence-electron chi connectivity index (χ0n) is 16.0. The maximum absolute atomic E-state index is 12.5. The third kappa shape index (κ3) is 6.03. The van der Waals surface area contributed by atoms with Gasteiger partial charge in [-0.25, -0.2) is 0 Å². The van der Waals surface area contributed by atoms with Crippen molar-refractivity contribution in [3.8, 4) is 0 Å². The lowest BCUT2D eigenvalue weighted by Crippen LogP contribution is -2.32. The van der Waals surface area contributed by atoms with Crippen LogP contribution >= 0.6 is 12.4 Å². The number of halogens is 1. The minimum Gasteiger partial charge on any atom is -0.359 e. The first-order valence-electron chi connectivity index (χ1n) is 9.36. The fourth-order valence-electron chi connectivity index (χ4n) is 3.26. The van der Waals surface area contributed by atoms with Crippen molar-refractivity contribution in [1.82, 2.24) is 25.6 Å². The van der Waals surface area contributed by atoms with E-state index in [1.807, 2.05) is 24.3 Å². The molecule has 3 N–H and O–H groups in total. The van der Waals surface area contributed by atoms with Crippen LogP contribution in [0, 0.1) is 5.92 Å². The standard InChI is InChI=1S/C19H26N6O2.ClH/c1-20-18(26)9-8-15-6-2-3-7-16(15)22-19(27)17-13-25(24-23-17)12-14-5-4-10-21-11-14;/h2-3,6-7,13-14,21H,4-5,8-12H2,1H3,(H,20,26)(H,22,27);1H. The Labute approximate surface area is 170 Å². The van der Waals surface area contributed by atoms with Crippen LogP contribution in [0.5, 0.6) is 0 Å². The predicted molar refractivity (Wildman–Crippen MR) is 110 cm³/mol. The van der Waals surface area contributed by atoms with Crippen molar-refractivity contribution < 1.29 is 9.59 Å². The van der Waals surface area contributed by atoms with E-state index in [9.17, 15) is 9.59 Å². The second-order valence-corrected chi connectivity index (χ2v) is 6.82. The average Bonchev–Trinajstić information content (AvgIpc) is 3.16. The van der Waals surface area contributed by atoms with E-state index in [4.69, 9.17) is 0 Å². The van der Waals surface area contributed by atoms with Crippen molar-refractivity contribution in [2.45, 2.75) is 32.2 Å². The van der Waals surface area contributed by atoms with E-state index < -0.39 is 0 Å². The number of hydrogen-bond acceptors (Lipinski definition) is 5. The van der Waals surface area contributed by atoms with Crippen molar-refractivity contribution in [3.63, 3.8) is 0 Å². The lowest BCUT2D eigenvalue weighted by atomic mass is 10.00. The number of rotatable bonds is 7. The highest BCUT2D eigenvalue weighted by Gasteiger charge is 2.17. The minimum atomic E-state index is -0.296. The van der Waals surface area contributed by atoms with Crippen molar-refractivity contribution in [3.05, 3.63) is 41.7 Å². The number of piperidine rings is 1. The highest BCUT2D eigenvalue weighted by atomic mass is 35.5. The number of carbonyl (C=O) groups is 2. The van der Waals surface area contributed by atoms with Crippen LogP contribution in [0.1, 0.15) is 35.3 Å². The molecule has 2 aromatic rings. The van der Waals surface area contributed by atoms with Crippen LogP contribution in [0.25, 0.3) is 0 Å². The summed E-state index contributed by atoms with van der Waals surface area (Å²) in [5.41, 5.74) is 1.90. The first-order valence-corrected chi connectivity index (χ1v) is 9.36. The van der Waals surface area contributed by atoms with Crippen LogP contribution in [0.15, 0.2) is 30.5 Å². The Morgan fingerprint density at radius 1 is 1.32 bits per heavy atom. The van der Waals surface area contributed by atoms with Gasteiger partial charge >= 0.3 is 0 Å². The molecule has 1 aliphatic heterocycles. The molecule has 0 spiro atoms. The third-order valence-electron chi connectivity index (χ3n) is 4.78. The molecule has 1 aliphatic rings. The summed E-state index contributed by atoms with van der Waals surface area (Å²) in [7, 11) is 1.61. The number of nitrogens with one attached hydrogen (secondary N) is 3. The largest absolute Gasteiger partial charge is 0.359 e. The number of benzene rings is 1. The summed E-state index contributed by atoms with van der Waals surface area (Å²) in [6.07, 6.45) is 4.94. The van der Waals surface area contributed by atoms with E-state index in [2.05, 4.69) is 26.3 Å². The molecule has 0 radical (unpaired) electrons. The molecule has 3 rings (SSSR count). The van der Waals surface area contributed by atoms with Gasteiger partial charge < -0.3 is 16.0 Å². The maximum atomic E-state index is 12.5. The van der Waals surface area contributed by atoms with Gasteiger partial charge in [-0.3, -0.25) is 14.3 Å². The van der Waals surface area contributed by atoms with Crippen molar-refractivity contribution >= 4 is 29.9 Å². The molecule has 1 fully saturated rings. The number of anilines is 1. The van der Waals surface area contributed by atoms with E-state index in [0.29, 0.717) is 30.1 Å². The summed E-state index contributed by atoms with van der Waals surface area (Å²) in [5.74, 6) is 0.188. The molecule has 0 saturated carbocycles. The molecular formula is C19H27ClN6O2. The number of hydrogen-bond donors (Lipinski definition) is 3. The Hall–Kier alpha value is -2.45. The molecule has 0 aliphatic carbocycles. The smallest absolute Gasteiger partial charge is 0.277 e. The van der Waals surface area contributed by atoms with Gasteiger partial charge in [-0.1, -0.05) is 23.4 Å². The van der Waals surface area contributed by atoms with Gasteiger partial charge in [0.05, 0.1) is 6.20 Å². The summed E-state index contributed by atoms with van der Waals surface area (Å²) < 4.78 is 1.74. The Balaban J connectivity index is 0.00000280. The van der Waals surface area contributed by atoms with Gasteiger partial charge in [-0.15, -0.1) is 17.5 Å². The molecule has 1 aromatic heterocycles. The van der Waals surface area contributed by atoms with Crippen LogP contribution in [-0.2, 0) is 17.8 Å². The first-order chi connectivity index (χ1) is 13.2. The molecule has 1 unspecified atom stereocenters. The quantitative estimate of drug-likeness (QED) is 0.648. The zero-order valence-corrected chi connectivity index (χ0v) is 16.8. The molecular weight excluding hydrogens is 380 g/mol. The predicted octanol–water partition coefficient (Wildman–Crippen LogP) is 1.63. The number of carbonyl (C=O) groups excluding carboxylic acids is 2. The van der Waals surface area contributed by atoms with Crippen molar-refractivity contribution in [2.24, 2.45) is 5.92 Å². The average molecular weight is 407 g/mol. The summed E-state index contributed by atoms with van der Waals surface area (Å²) in [6, 6.07) is 7.48. The van der Waals surface area contributed by atoms with Crippen LogP contribution in [-0.4, -0.2) is 46.9 Å². The Bertz CT molecular complexity index is 788. The number of amides is 2. The van der Waals surface area contributed by atoms with Crippen LogP contribution in [0.3, 0.4) is 0 Å². The SMILES string of the molecule is CNC(=O)CCc1ccccc1NC(=O)c1cn(CC2CCCNC2)nn1.Cl. The second-order valence-electron chi connectivity index (χ2n) is 6.82. The lowest BCUT2D eigenvalue weighted by molar-refractivity contribution is -0.120. The third-order valence-corrected chi connectivity index (χ3v) is 4.78. The fraction of sp³-hybridized carbons (Fsp3) is 0.474. The number of aryl methyl sites for hydroxylation is 1. The Morgan fingerprint density at radius 3 is 2.89 bits per heavy atom. The van der Waals surface area contributed by atoms with Crippen LogP contribution < -0.4 is 16.0 Å². The fourth-order valence-corrected chi connectivity index (χ4v) is 3.26. The molecule has 0 bridgehead atoms. The molecule has 1 aromatic carbocycles. The zero-order chi connectivity index (χ0) is 19.1. The molecule has 28 heavy (non-hydrogen) atoms. The second kappa shape index (κ2) is 10.8. The summed E-state index contributed by atoms with van der Waals surface area (Å²) in [5, 5.41) is 17.0. The van der Waals surface area contributed by atoms with Crippen LogP contribution in [0.4, 0.5) is 5.69 Å². The van der Waals surface area contributed by atoms with E-state index in [-0.39, 0.29) is 24.2 Å². The van der Waals surface area contributed by atoms with Gasteiger partial charge in [-0.2, -0.15) is 0 Å². The van der Waals surface area contributed by atoms with Crippen molar-refractivity contribution in [1.29, 1.82) is 0 Å². The summed E-state index contributed by atoms with van der Waals surface area (Å²) in [4.78, 5) is 24.0. The Morgan fingerprint density at radius 2 is 2.14 bits per heavy atom. The van der Waals surface area contributed by atoms with E-state index in [1.165, 1.54) is 6.42 Å². The molecule has 8 nitrogen and oxygen atoms in total. The van der Waals surface area contributed by atoms with Gasteiger partial charge in [0.15, 0.2) is 5.69 Å². The van der Waals surface area contributed by atoms with Gasteiger partial charge in [0.25, 0.3) is 5.91 Å². The highest BCUT2D eigenvalue weighted by Crippen LogP contribution is 2.18. The molecule has 1 saturated heterocycles. The van der Waals surface area contributed by atoms with E-state index in [1.54, 1.807) is 17.9 Å². The Kier molecular flexibility index (Phi) is 8.41.